The van der Waals surface area contributed by atoms with Crippen molar-refractivity contribution in [2.24, 2.45) is 35.5 Å². The van der Waals surface area contributed by atoms with Crippen LogP contribution in [-0.4, -0.2) is 5.97 Å². The minimum Gasteiger partial charge on any atom is -0.426 e. The molecule has 5 heteroatoms. The molecule has 3 nitrogen and oxygen atoms in total. The monoisotopic (exact) mass is 443 g/mol. The smallest absolute Gasteiger partial charge is 0.314 e. The SMILES string of the molecule is CCCC1CC[C@@H]2CC([C@H]3CC[C@H](C(=O)Oc4cc(F)c(C#N)c(F)c4)CC3)CC[C@H]2C1. The highest BCUT2D eigenvalue weighted by Crippen LogP contribution is 2.49. The van der Waals surface area contributed by atoms with E-state index in [0.717, 1.165) is 61.5 Å². The highest BCUT2D eigenvalue weighted by molar-refractivity contribution is 5.75. The largest absolute Gasteiger partial charge is 0.426 e. The molecule has 3 saturated carbocycles. The van der Waals surface area contributed by atoms with E-state index in [1.165, 1.54) is 57.4 Å². The fraction of sp³-hybridized carbons (Fsp3) is 0.704. The summed E-state index contributed by atoms with van der Waals surface area (Å²) >= 11 is 0. The number of fused-ring (bicyclic) bond motifs is 1. The highest BCUT2D eigenvalue weighted by atomic mass is 19.1. The minimum atomic E-state index is -1.00. The topological polar surface area (TPSA) is 50.1 Å². The Bertz CT molecular complexity index is 833. The first-order chi connectivity index (χ1) is 15.5. The number of hydrogen-bond acceptors (Lipinski definition) is 3. The quantitative estimate of drug-likeness (QED) is 0.358. The maximum atomic E-state index is 13.8. The summed E-state index contributed by atoms with van der Waals surface area (Å²) in [6.45, 7) is 2.30. The molecule has 32 heavy (non-hydrogen) atoms. The number of ether oxygens (including phenoxy) is 1. The molecule has 2 unspecified atom stereocenters. The van der Waals surface area contributed by atoms with E-state index in [-0.39, 0.29) is 11.7 Å². The lowest BCUT2D eigenvalue weighted by molar-refractivity contribution is -0.140. The van der Waals surface area contributed by atoms with Gasteiger partial charge in [-0.1, -0.05) is 26.2 Å². The van der Waals surface area contributed by atoms with Crippen molar-refractivity contribution in [1.82, 2.24) is 0 Å². The van der Waals surface area contributed by atoms with Crippen LogP contribution in [0.25, 0.3) is 0 Å². The van der Waals surface area contributed by atoms with E-state index < -0.39 is 23.2 Å². The van der Waals surface area contributed by atoms with Gasteiger partial charge in [-0.25, -0.2) is 8.78 Å². The summed E-state index contributed by atoms with van der Waals surface area (Å²) in [5, 5.41) is 8.77. The zero-order valence-electron chi connectivity index (χ0n) is 19.1. The lowest BCUT2D eigenvalue weighted by Crippen LogP contribution is -2.35. The summed E-state index contributed by atoms with van der Waals surface area (Å²) in [4.78, 5) is 12.6. The van der Waals surface area contributed by atoms with Gasteiger partial charge in [0.15, 0.2) is 0 Å². The van der Waals surface area contributed by atoms with Gasteiger partial charge in [-0.05, 0) is 87.4 Å². The molecular weight excluding hydrogens is 408 g/mol. The predicted octanol–water partition coefficient (Wildman–Crippen LogP) is 7.18. The number of hydrogen-bond donors (Lipinski definition) is 0. The molecule has 3 aliphatic carbocycles. The standard InChI is InChI=1S/C27H35F2NO2/c1-2-3-17-4-5-22-13-21(11-10-20(22)12-17)18-6-8-19(9-7-18)27(31)32-23-14-25(28)24(16-30)26(29)15-23/h14-15,17-22H,2-13H2,1H3/t17?,18-,19-,20-,21?,22+/m0/s1. The van der Waals surface area contributed by atoms with E-state index in [1.807, 2.05) is 0 Å². The number of esters is 1. The van der Waals surface area contributed by atoms with Gasteiger partial charge in [0.25, 0.3) is 0 Å². The lowest BCUT2D eigenvalue weighted by atomic mass is 9.60. The fourth-order valence-electron chi connectivity index (χ4n) is 6.86. The van der Waals surface area contributed by atoms with Crippen LogP contribution in [0.4, 0.5) is 8.78 Å². The Morgan fingerprint density at radius 1 is 0.938 bits per heavy atom. The fourth-order valence-corrected chi connectivity index (χ4v) is 6.86. The number of nitrogens with zero attached hydrogens (tertiary/aromatic N) is 1. The average molecular weight is 444 g/mol. The van der Waals surface area contributed by atoms with Gasteiger partial charge in [0.1, 0.15) is 29.0 Å². The molecule has 0 saturated heterocycles. The van der Waals surface area contributed by atoms with Crippen molar-refractivity contribution in [3.8, 4) is 11.8 Å². The van der Waals surface area contributed by atoms with E-state index in [9.17, 15) is 13.6 Å². The summed E-state index contributed by atoms with van der Waals surface area (Å²) in [5.74, 6) is 1.49. The molecular formula is C27H35F2NO2. The van der Waals surface area contributed by atoms with E-state index >= 15 is 0 Å². The molecule has 3 aliphatic rings. The number of halogens is 2. The Hall–Kier alpha value is -1.96. The number of nitriles is 1. The Kier molecular flexibility index (Phi) is 7.48. The van der Waals surface area contributed by atoms with E-state index in [4.69, 9.17) is 10.00 Å². The molecule has 0 N–H and O–H groups in total. The molecule has 4 rings (SSSR count). The van der Waals surface area contributed by atoms with Gasteiger partial charge < -0.3 is 4.74 Å². The molecule has 0 heterocycles. The van der Waals surface area contributed by atoms with Crippen LogP contribution in [0.15, 0.2) is 12.1 Å². The molecule has 1 aromatic rings. The van der Waals surface area contributed by atoms with Gasteiger partial charge in [-0.3, -0.25) is 4.79 Å². The molecule has 0 aliphatic heterocycles. The van der Waals surface area contributed by atoms with Crippen molar-refractivity contribution in [2.45, 2.75) is 84.0 Å². The van der Waals surface area contributed by atoms with Crippen LogP contribution in [0.5, 0.6) is 5.75 Å². The lowest BCUT2D eigenvalue weighted by Gasteiger charge is -2.45. The molecule has 0 amide bonds. The Balaban J connectivity index is 1.26. The predicted molar refractivity (Wildman–Crippen MR) is 119 cm³/mol. The Morgan fingerprint density at radius 3 is 2.12 bits per heavy atom. The van der Waals surface area contributed by atoms with Crippen LogP contribution in [0, 0.1) is 58.5 Å². The van der Waals surface area contributed by atoms with E-state index in [2.05, 4.69) is 6.92 Å². The number of carbonyl (C=O) groups excluding carboxylic acids is 1. The summed E-state index contributed by atoms with van der Waals surface area (Å²) in [5.41, 5.74) is -0.654. The van der Waals surface area contributed by atoms with Gasteiger partial charge in [0.2, 0.25) is 0 Å². The number of carbonyl (C=O) groups is 1. The van der Waals surface area contributed by atoms with Crippen LogP contribution >= 0.6 is 0 Å². The van der Waals surface area contributed by atoms with Crippen molar-refractivity contribution in [3.05, 3.63) is 29.3 Å². The highest BCUT2D eigenvalue weighted by Gasteiger charge is 2.39. The van der Waals surface area contributed by atoms with Gasteiger partial charge in [-0.15, -0.1) is 0 Å². The third kappa shape index (κ3) is 5.16. The van der Waals surface area contributed by atoms with Gasteiger partial charge in [-0.2, -0.15) is 5.26 Å². The zero-order valence-corrected chi connectivity index (χ0v) is 19.1. The van der Waals surface area contributed by atoms with Crippen molar-refractivity contribution >= 4 is 5.97 Å². The Labute approximate surface area is 190 Å². The van der Waals surface area contributed by atoms with Crippen LogP contribution in [-0.2, 0) is 4.79 Å². The second-order valence-corrected chi connectivity index (χ2v) is 10.5. The van der Waals surface area contributed by atoms with Gasteiger partial charge in [0, 0.05) is 12.1 Å². The summed E-state index contributed by atoms with van der Waals surface area (Å²) in [6, 6.07) is 3.31. The van der Waals surface area contributed by atoms with Crippen LogP contribution in [0.3, 0.4) is 0 Å². The molecule has 174 valence electrons. The van der Waals surface area contributed by atoms with Gasteiger partial charge >= 0.3 is 5.97 Å². The van der Waals surface area contributed by atoms with Crippen LogP contribution in [0.2, 0.25) is 0 Å². The Morgan fingerprint density at radius 2 is 1.50 bits per heavy atom. The maximum Gasteiger partial charge on any atom is 0.314 e. The third-order valence-corrected chi connectivity index (χ3v) is 8.58. The zero-order chi connectivity index (χ0) is 22.7. The van der Waals surface area contributed by atoms with Gasteiger partial charge in [0.05, 0.1) is 5.92 Å². The second-order valence-electron chi connectivity index (χ2n) is 10.5. The number of benzene rings is 1. The molecule has 0 aromatic heterocycles. The molecule has 0 spiro atoms. The van der Waals surface area contributed by atoms with E-state index in [0.29, 0.717) is 5.92 Å². The molecule has 1 aromatic carbocycles. The van der Waals surface area contributed by atoms with Crippen molar-refractivity contribution in [1.29, 1.82) is 5.26 Å². The van der Waals surface area contributed by atoms with Crippen LogP contribution in [0.1, 0.15) is 89.5 Å². The second kappa shape index (κ2) is 10.3. The van der Waals surface area contributed by atoms with Crippen molar-refractivity contribution < 1.29 is 18.3 Å². The van der Waals surface area contributed by atoms with E-state index in [1.54, 1.807) is 0 Å². The third-order valence-electron chi connectivity index (χ3n) is 8.58. The number of rotatable bonds is 5. The first-order valence-electron chi connectivity index (χ1n) is 12.6. The normalized spacial score (nSPS) is 32.6. The first-order valence-corrected chi connectivity index (χ1v) is 12.6. The summed E-state index contributed by atoms with van der Waals surface area (Å²) in [6.07, 6.45) is 14.7. The van der Waals surface area contributed by atoms with Crippen molar-refractivity contribution in [2.75, 3.05) is 0 Å². The summed E-state index contributed by atoms with van der Waals surface area (Å²) in [7, 11) is 0. The molecule has 4 atom stereocenters. The van der Waals surface area contributed by atoms with Crippen LogP contribution < -0.4 is 4.74 Å². The average Bonchev–Trinajstić information content (AvgIpc) is 2.79. The summed E-state index contributed by atoms with van der Waals surface area (Å²) < 4.78 is 32.8. The first kappa shape index (κ1) is 23.2. The van der Waals surface area contributed by atoms with Crippen molar-refractivity contribution in [3.63, 3.8) is 0 Å². The molecule has 0 bridgehead atoms. The molecule has 0 radical (unpaired) electrons. The maximum absolute atomic E-state index is 13.8. The minimum absolute atomic E-state index is 0.164. The molecule has 3 fully saturated rings.